The van der Waals surface area contributed by atoms with Crippen molar-refractivity contribution in [1.29, 1.82) is 0 Å². The van der Waals surface area contributed by atoms with E-state index in [1.165, 1.54) is 5.56 Å². The minimum Gasteiger partial charge on any atom is -0.497 e. The zero-order valence-corrected chi connectivity index (χ0v) is 16.9. The van der Waals surface area contributed by atoms with Crippen LogP contribution < -0.4 is 19.9 Å². The number of anilines is 4. The second-order valence-electron chi connectivity index (χ2n) is 6.82. The van der Waals surface area contributed by atoms with Crippen LogP contribution in [0.5, 0.6) is 5.75 Å². The van der Waals surface area contributed by atoms with Gasteiger partial charge in [-0.05, 0) is 24.1 Å². The molecule has 0 atom stereocenters. The van der Waals surface area contributed by atoms with Gasteiger partial charge in [0.2, 0.25) is 5.95 Å². The topological polar surface area (TPSA) is 53.5 Å². The number of nitrogens with one attached hydrogen (secondary N) is 1. The molecule has 0 aliphatic rings. The highest BCUT2D eigenvalue weighted by Gasteiger charge is 2.11. The molecule has 0 fully saturated rings. The summed E-state index contributed by atoms with van der Waals surface area (Å²) in [5.74, 6) is 3.08. The van der Waals surface area contributed by atoms with Crippen LogP contribution in [0.15, 0.2) is 60.7 Å². The van der Waals surface area contributed by atoms with Gasteiger partial charge in [-0.1, -0.05) is 36.4 Å². The van der Waals surface area contributed by atoms with Crippen molar-refractivity contribution in [2.75, 3.05) is 49.9 Å². The van der Waals surface area contributed by atoms with Gasteiger partial charge in [-0.2, -0.15) is 9.97 Å². The molecule has 1 heterocycles. The fourth-order valence-corrected chi connectivity index (χ4v) is 2.78. The SMILES string of the molecule is COc1cccc(Nc2cc(N(C)C)nc(N(C)CCc3ccccc3)n2)c1. The Morgan fingerprint density at radius 3 is 2.43 bits per heavy atom. The molecular formula is C22H27N5O. The van der Waals surface area contributed by atoms with E-state index in [4.69, 9.17) is 14.7 Å². The number of nitrogens with zero attached hydrogens (tertiary/aromatic N) is 4. The number of rotatable bonds is 8. The smallest absolute Gasteiger partial charge is 0.229 e. The highest BCUT2D eigenvalue weighted by atomic mass is 16.5. The van der Waals surface area contributed by atoms with Crippen molar-refractivity contribution in [2.45, 2.75) is 6.42 Å². The Balaban J connectivity index is 1.80. The number of aromatic nitrogens is 2. The first kappa shape index (κ1) is 19.5. The molecule has 0 amide bonds. The first-order valence-electron chi connectivity index (χ1n) is 9.27. The molecule has 146 valence electrons. The molecule has 3 aromatic rings. The van der Waals surface area contributed by atoms with Crippen LogP contribution in [0.1, 0.15) is 5.56 Å². The molecule has 0 radical (unpaired) electrons. The maximum Gasteiger partial charge on any atom is 0.229 e. The van der Waals surface area contributed by atoms with Crippen LogP contribution in [0.4, 0.5) is 23.3 Å². The molecule has 0 saturated carbocycles. The highest BCUT2D eigenvalue weighted by molar-refractivity contribution is 5.62. The maximum absolute atomic E-state index is 5.30. The van der Waals surface area contributed by atoms with Crippen LogP contribution in [-0.2, 0) is 6.42 Å². The molecule has 28 heavy (non-hydrogen) atoms. The van der Waals surface area contributed by atoms with E-state index < -0.39 is 0 Å². The highest BCUT2D eigenvalue weighted by Crippen LogP contribution is 2.24. The van der Waals surface area contributed by atoms with Crippen LogP contribution >= 0.6 is 0 Å². The van der Waals surface area contributed by atoms with Crippen molar-refractivity contribution < 1.29 is 4.74 Å². The number of hydrogen-bond acceptors (Lipinski definition) is 6. The second kappa shape index (κ2) is 9.08. The lowest BCUT2D eigenvalue weighted by molar-refractivity contribution is 0.415. The molecule has 0 saturated heterocycles. The largest absolute Gasteiger partial charge is 0.497 e. The third-order valence-corrected chi connectivity index (χ3v) is 4.42. The number of hydrogen-bond donors (Lipinski definition) is 1. The van der Waals surface area contributed by atoms with E-state index in [0.29, 0.717) is 5.95 Å². The molecule has 0 unspecified atom stereocenters. The van der Waals surface area contributed by atoms with Gasteiger partial charge in [0.25, 0.3) is 0 Å². The van der Waals surface area contributed by atoms with Crippen LogP contribution in [-0.4, -0.2) is 44.8 Å². The summed E-state index contributed by atoms with van der Waals surface area (Å²) in [7, 11) is 7.64. The lowest BCUT2D eigenvalue weighted by Crippen LogP contribution is -2.24. The van der Waals surface area contributed by atoms with E-state index in [-0.39, 0.29) is 0 Å². The van der Waals surface area contributed by atoms with Crippen molar-refractivity contribution in [2.24, 2.45) is 0 Å². The summed E-state index contributed by atoms with van der Waals surface area (Å²) in [6.07, 6.45) is 0.936. The monoisotopic (exact) mass is 377 g/mol. The predicted molar refractivity (Wildman–Crippen MR) is 116 cm³/mol. The summed E-state index contributed by atoms with van der Waals surface area (Å²) in [6.45, 7) is 0.833. The lowest BCUT2D eigenvalue weighted by Gasteiger charge is -2.21. The van der Waals surface area contributed by atoms with Crippen molar-refractivity contribution in [3.05, 3.63) is 66.2 Å². The minimum absolute atomic E-state index is 0.688. The minimum atomic E-state index is 0.688. The third kappa shape index (κ3) is 5.13. The van der Waals surface area contributed by atoms with Gasteiger partial charge in [-0.15, -0.1) is 0 Å². The van der Waals surface area contributed by atoms with Crippen LogP contribution in [0.2, 0.25) is 0 Å². The van der Waals surface area contributed by atoms with Crippen molar-refractivity contribution in [3.8, 4) is 5.75 Å². The average Bonchev–Trinajstić information content (AvgIpc) is 2.72. The first-order chi connectivity index (χ1) is 13.5. The number of ether oxygens (including phenoxy) is 1. The van der Waals surface area contributed by atoms with Gasteiger partial charge in [0.15, 0.2) is 0 Å². The Morgan fingerprint density at radius 2 is 1.71 bits per heavy atom. The Hall–Kier alpha value is -3.28. The normalized spacial score (nSPS) is 10.4. The summed E-state index contributed by atoms with van der Waals surface area (Å²) in [5.41, 5.74) is 2.22. The number of methoxy groups -OCH3 is 1. The van der Waals surface area contributed by atoms with E-state index in [0.717, 1.165) is 36.0 Å². The number of benzene rings is 2. The van der Waals surface area contributed by atoms with Crippen LogP contribution in [0.25, 0.3) is 0 Å². The second-order valence-corrected chi connectivity index (χ2v) is 6.82. The summed E-state index contributed by atoms with van der Waals surface area (Å²) in [6, 6.07) is 20.2. The van der Waals surface area contributed by atoms with Crippen LogP contribution in [0.3, 0.4) is 0 Å². The predicted octanol–water partition coefficient (Wildman–Crippen LogP) is 3.97. The standard InChI is InChI=1S/C22H27N5O/c1-26(2)21-16-20(23-18-11-8-12-19(15-18)28-4)24-22(25-21)27(3)14-13-17-9-6-5-7-10-17/h5-12,15-16H,13-14H2,1-4H3,(H,23,24,25). The summed E-state index contributed by atoms with van der Waals surface area (Å²) >= 11 is 0. The van der Waals surface area contributed by atoms with Gasteiger partial charge >= 0.3 is 0 Å². The maximum atomic E-state index is 5.30. The Morgan fingerprint density at radius 1 is 0.929 bits per heavy atom. The zero-order valence-electron chi connectivity index (χ0n) is 16.9. The fraction of sp³-hybridized carbons (Fsp3) is 0.273. The van der Waals surface area contributed by atoms with Crippen molar-refractivity contribution in [3.63, 3.8) is 0 Å². The van der Waals surface area contributed by atoms with Gasteiger partial charge in [-0.3, -0.25) is 0 Å². The Bertz CT molecular complexity index is 898. The van der Waals surface area contributed by atoms with E-state index in [1.54, 1.807) is 7.11 Å². The summed E-state index contributed by atoms with van der Waals surface area (Å²) in [5, 5.41) is 3.36. The molecule has 1 N–H and O–H groups in total. The molecule has 1 aromatic heterocycles. The average molecular weight is 377 g/mol. The Labute approximate surface area is 166 Å². The van der Waals surface area contributed by atoms with E-state index in [2.05, 4.69) is 34.5 Å². The van der Waals surface area contributed by atoms with Crippen LogP contribution in [0, 0.1) is 0 Å². The van der Waals surface area contributed by atoms with E-state index >= 15 is 0 Å². The Kier molecular flexibility index (Phi) is 6.32. The quantitative estimate of drug-likeness (QED) is 0.641. The molecule has 0 aliphatic heterocycles. The van der Waals surface area contributed by atoms with Gasteiger partial charge in [-0.25, -0.2) is 0 Å². The summed E-state index contributed by atoms with van der Waals surface area (Å²) in [4.78, 5) is 13.5. The van der Waals surface area contributed by atoms with Crippen molar-refractivity contribution in [1.82, 2.24) is 9.97 Å². The van der Waals surface area contributed by atoms with E-state index in [9.17, 15) is 0 Å². The molecule has 0 bridgehead atoms. The lowest BCUT2D eigenvalue weighted by atomic mass is 10.1. The van der Waals surface area contributed by atoms with Crippen molar-refractivity contribution >= 4 is 23.3 Å². The molecule has 6 nitrogen and oxygen atoms in total. The molecule has 6 heteroatoms. The fourth-order valence-electron chi connectivity index (χ4n) is 2.78. The van der Waals surface area contributed by atoms with Gasteiger partial charge in [0.05, 0.1) is 7.11 Å². The summed E-state index contributed by atoms with van der Waals surface area (Å²) < 4.78 is 5.30. The number of likely N-dealkylation sites (N-methyl/N-ethyl adjacent to an activating group) is 1. The molecule has 0 spiro atoms. The third-order valence-electron chi connectivity index (χ3n) is 4.42. The van der Waals surface area contributed by atoms with Gasteiger partial charge in [0, 0.05) is 45.5 Å². The molecule has 3 rings (SSSR count). The van der Waals surface area contributed by atoms with Gasteiger partial charge < -0.3 is 19.9 Å². The van der Waals surface area contributed by atoms with E-state index in [1.807, 2.05) is 62.4 Å². The zero-order chi connectivity index (χ0) is 19.9. The molecular weight excluding hydrogens is 350 g/mol. The van der Waals surface area contributed by atoms with Gasteiger partial charge in [0.1, 0.15) is 17.4 Å². The first-order valence-corrected chi connectivity index (χ1v) is 9.27. The molecule has 2 aromatic carbocycles. The molecule has 0 aliphatic carbocycles.